The monoisotopic (exact) mass is 371 g/mol. The van der Waals surface area contributed by atoms with Crippen LogP contribution in [0.15, 0.2) is 16.7 Å². The molecule has 2 amide bonds. The molecule has 0 saturated heterocycles. The van der Waals surface area contributed by atoms with Crippen LogP contribution in [-0.4, -0.2) is 38.2 Å². The van der Waals surface area contributed by atoms with Crippen molar-refractivity contribution < 1.29 is 14.1 Å². The van der Waals surface area contributed by atoms with E-state index in [0.717, 1.165) is 36.3 Å². The van der Waals surface area contributed by atoms with E-state index in [2.05, 4.69) is 15.6 Å². The summed E-state index contributed by atoms with van der Waals surface area (Å²) in [6.45, 7) is 6.29. The van der Waals surface area contributed by atoms with Crippen LogP contribution in [0, 0.1) is 5.92 Å². The first-order valence-electron chi connectivity index (χ1n) is 9.60. The van der Waals surface area contributed by atoms with Crippen LogP contribution in [0.3, 0.4) is 0 Å². The number of carbonyl (C=O) groups excluding carboxylic acids is 2. The molecule has 0 atom stereocenters. The van der Waals surface area contributed by atoms with Gasteiger partial charge in [0, 0.05) is 18.5 Å². The van der Waals surface area contributed by atoms with E-state index in [1.54, 1.807) is 6.07 Å². The van der Waals surface area contributed by atoms with Crippen molar-refractivity contribution in [3.8, 4) is 0 Å². The lowest BCUT2D eigenvalue weighted by atomic mass is 9.84. The number of carbonyl (C=O) groups is 2. The van der Waals surface area contributed by atoms with Gasteiger partial charge in [0.05, 0.1) is 36.7 Å². The lowest BCUT2D eigenvalue weighted by Gasteiger charge is -2.34. The van der Waals surface area contributed by atoms with Crippen LogP contribution >= 0.6 is 0 Å². The smallest absolute Gasteiger partial charge is 0.290 e. The molecular weight excluding hydrogens is 346 g/mol. The molecule has 0 aromatic carbocycles. The van der Waals surface area contributed by atoms with E-state index >= 15 is 0 Å². The summed E-state index contributed by atoms with van der Waals surface area (Å²) in [5.74, 6) is 0.605. The van der Waals surface area contributed by atoms with Crippen molar-refractivity contribution in [1.82, 2.24) is 25.2 Å². The van der Waals surface area contributed by atoms with Crippen LogP contribution in [0.2, 0.25) is 0 Å². The minimum absolute atomic E-state index is 0.208. The average molecular weight is 371 g/mol. The Balaban J connectivity index is 1.35. The molecule has 2 aromatic heterocycles. The topological polar surface area (TPSA) is 93.3 Å². The van der Waals surface area contributed by atoms with Gasteiger partial charge in [-0.2, -0.15) is 5.10 Å². The van der Waals surface area contributed by atoms with E-state index in [1.165, 1.54) is 0 Å². The van der Waals surface area contributed by atoms with E-state index in [-0.39, 0.29) is 29.4 Å². The van der Waals surface area contributed by atoms with Crippen molar-refractivity contribution >= 4 is 11.8 Å². The zero-order chi connectivity index (χ0) is 19.0. The first kappa shape index (κ1) is 17.8. The van der Waals surface area contributed by atoms with Gasteiger partial charge < -0.3 is 14.7 Å². The second kappa shape index (κ2) is 7.17. The first-order chi connectivity index (χ1) is 13.0. The van der Waals surface area contributed by atoms with Crippen molar-refractivity contribution in [2.75, 3.05) is 6.54 Å². The van der Waals surface area contributed by atoms with Gasteiger partial charge >= 0.3 is 0 Å². The summed E-state index contributed by atoms with van der Waals surface area (Å²) < 4.78 is 7.03. The molecule has 1 aliphatic heterocycles. The van der Waals surface area contributed by atoms with Gasteiger partial charge in [0.2, 0.25) is 11.7 Å². The van der Waals surface area contributed by atoms with Gasteiger partial charge in [-0.05, 0) is 24.8 Å². The molecule has 3 heterocycles. The number of hydrogen-bond donors (Lipinski definition) is 1. The van der Waals surface area contributed by atoms with Crippen molar-refractivity contribution in [2.45, 2.75) is 58.7 Å². The minimum atomic E-state index is -0.304. The van der Waals surface area contributed by atoms with Crippen molar-refractivity contribution in [1.29, 1.82) is 0 Å². The normalized spacial score (nSPS) is 16.9. The van der Waals surface area contributed by atoms with E-state index in [0.29, 0.717) is 26.2 Å². The highest BCUT2D eigenvalue weighted by atomic mass is 16.5. The molecule has 0 bridgehead atoms. The number of hydrogen-bond acceptors (Lipinski definition) is 5. The largest absolute Gasteiger partial charge is 0.351 e. The van der Waals surface area contributed by atoms with Gasteiger partial charge in [-0.25, -0.2) is 0 Å². The van der Waals surface area contributed by atoms with E-state index in [4.69, 9.17) is 4.52 Å². The fraction of sp³-hybridized carbons (Fsp3) is 0.579. The Morgan fingerprint density at radius 2 is 2.11 bits per heavy atom. The van der Waals surface area contributed by atoms with Crippen LogP contribution in [0.25, 0.3) is 0 Å². The van der Waals surface area contributed by atoms with Gasteiger partial charge in [0.15, 0.2) is 0 Å². The fourth-order valence-corrected chi connectivity index (χ4v) is 3.44. The minimum Gasteiger partial charge on any atom is -0.351 e. The van der Waals surface area contributed by atoms with Gasteiger partial charge in [0.1, 0.15) is 0 Å². The van der Waals surface area contributed by atoms with E-state index in [9.17, 15) is 9.59 Å². The second-order valence-electron chi connectivity index (χ2n) is 7.69. The Labute approximate surface area is 157 Å². The molecule has 1 saturated carbocycles. The average Bonchev–Trinajstić information content (AvgIpc) is 3.24. The summed E-state index contributed by atoms with van der Waals surface area (Å²) in [6.07, 6.45) is 3.20. The quantitative estimate of drug-likeness (QED) is 0.868. The fourth-order valence-electron chi connectivity index (χ4n) is 3.44. The summed E-state index contributed by atoms with van der Waals surface area (Å²) in [7, 11) is 0. The van der Waals surface area contributed by atoms with Crippen LogP contribution in [0.4, 0.5) is 0 Å². The molecule has 2 aromatic rings. The molecular formula is C19H25N5O3. The summed E-state index contributed by atoms with van der Waals surface area (Å²) in [5.41, 5.74) is 2.55. The Hall–Kier alpha value is -2.64. The molecule has 2 aliphatic rings. The molecule has 1 aliphatic carbocycles. The molecule has 4 rings (SSSR count). The van der Waals surface area contributed by atoms with Gasteiger partial charge in [-0.1, -0.05) is 25.4 Å². The van der Waals surface area contributed by atoms with Gasteiger partial charge in [0.25, 0.3) is 5.91 Å². The SMILES string of the molecule is CC(C)c1cc(C(=O)NCc2cc3n(n2)CCN(C(=O)C2CCC2)C3)on1. The Morgan fingerprint density at radius 1 is 1.30 bits per heavy atom. The Kier molecular flexibility index (Phi) is 4.72. The maximum Gasteiger partial charge on any atom is 0.290 e. The standard InChI is InChI=1S/C19H25N5O3/c1-12(2)16-9-17(27-22-16)18(25)20-10-14-8-15-11-23(6-7-24(15)21-14)19(26)13-4-3-5-13/h8-9,12-13H,3-7,10-11H2,1-2H3,(H,20,25). The van der Waals surface area contributed by atoms with Gasteiger partial charge in [-0.3, -0.25) is 14.3 Å². The van der Waals surface area contributed by atoms with Crippen LogP contribution in [0.5, 0.6) is 0 Å². The van der Waals surface area contributed by atoms with Crippen LogP contribution < -0.4 is 5.32 Å². The first-order valence-corrected chi connectivity index (χ1v) is 9.60. The van der Waals surface area contributed by atoms with E-state index < -0.39 is 0 Å². The predicted octanol–water partition coefficient (Wildman–Crippen LogP) is 2.07. The third-order valence-electron chi connectivity index (χ3n) is 5.39. The molecule has 8 heteroatoms. The Morgan fingerprint density at radius 3 is 2.78 bits per heavy atom. The molecule has 0 radical (unpaired) electrons. The summed E-state index contributed by atoms with van der Waals surface area (Å²) in [6, 6.07) is 3.63. The molecule has 27 heavy (non-hydrogen) atoms. The zero-order valence-electron chi connectivity index (χ0n) is 15.8. The highest BCUT2D eigenvalue weighted by molar-refractivity contribution is 5.91. The lowest BCUT2D eigenvalue weighted by molar-refractivity contribution is -0.139. The number of aromatic nitrogens is 3. The molecule has 0 unspecified atom stereocenters. The molecule has 1 fully saturated rings. The van der Waals surface area contributed by atoms with Crippen LogP contribution in [0.1, 0.15) is 66.7 Å². The molecule has 1 N–H and O–H groups in total. The van der Waals surface area contributed by atoms with Crippen molar-refractivity contribution in [2.24, 2.45) is 5.92 Å². The van der Waals surface area contributed by atoms with Crippen LogP contribution in [-0.2, 0) is 24.4 Å². The highest BCUT2D eigenvalue weighted by Gasteiger charge is 2.31. The lowest BCUT2D eigenvalue weighted by Crippen LogP contribution is -2.43. The maximum absolute atomic E-state index is 12.4. The third kappa shape index (κ3) is 3.61. The van der Waals surface area contributed by atoms with Crippen molar-refractivity contribution in [3.63, 3.8) is 0 Å². The third-order valence-corrected chi connectivity index (χ3v) is 5.39. The summed E-state index contributed by atoms with van der Waals surface area (Å²) >= 11 is 0. The molecule has 8 nitrogen and oxygen atoms in total. The number of rotatable bonds is 5. The number of nitrogens with one attached hydrogen (secondary N) is 1. The zero-order valence-corrected chi connectivity index (χ0v) is 15.8. The van der Waals surface area contributed by atoms with Crippen molar-refractivity contribution in [3.05, 3.63) is 35.0 Å². The summed E-state index contributed by atoms with van der Waals surface area (Å²) in [5, 5.41) is 11.3. The number of fused-ring (bicyclic) bond motifs is 1. The van der Waals surface area contributed by atoms with E-state index in [1.807, 2.05) is 29.5 Å². The highest BCUT2D eigenvalue weighted by Crippen LogP contribution is 2.29. The number of amides is 2. The molecule has 0 spiro atoms. The molecule has 144 valence electrons. The summed E-state index contributed by atoms with van der Waals surface area (Å²) in [4.78, 5) is 26.6. The second-order valence-corrected chi connectivity index (χ2v) is 7.69. The number of nitrogens with zero attached hydrogens (tertiary/aromatic N) is 4. The maximum atomic E-state index is 12.4. The predicted molar refractivity (Wildman–Crippen MR) is 96.7 cm³/mol. The van der Waals surface area contributed by atoms with Gasteiger partial charge in [-0.15, -0.1) is 0 Å². The Bertz CT molecular complexity index is 849.